The van der Waals surface area contributed by atoms with Gasteiger partial charge in [-0.2, -0.15) is 0 Å². The zero-order chi connectivity index (χ0) is 12.3. The van der Waals surface area contributed by atoms with Crippen LogP contribution >= 0.6 is 0 Å². The highest BCUT2D eigenvalue weighted by Gasteiger charge is 2.36. The second kappa shape index (κ2) is 5.01. The summed E-state index contributed by atoms with van der Waals surface area (Å²) in [5.74, 6) is 0. The summed E-state index contributed by atoms with van der Waals surface area (Å²) < 4.78 is 10.6. The van der Waals surface area contributed by atoms with Crippen LogP contribution in [-0.4, -0.2) is 48.9 Å². The Morgan fingerprint density at radius 2 is 2.12 bits per heavy atom. The molecule has 0 aromatic rings. The molecule has 16 heavy (non-hydrogen) atoms. The van der Waals surface area contributed by atoms with Crippen LogP contribution in [0.1, 0.15) is 27.2 Å². The first kappa shape index (κ1) is 13.3. The van der Waals surface area contributed by atoms with Gasteiger partial charge in [-0.05, 0) is 27.2 Å². The van der Waals surface area contributed by atoms with Crippen molar-refractivity contribution in [1.82, 2.24) is 4.90 Å². The SMILES string of the molecule is CO[C@H]1C[C@@H](CN)N(C(=O)OC(C)(C)C)C1. The van der Waals surface area contributed by atoms with E-state index in [0.717, 1.165) is 6.42 Å². The summed E-state index contributed by atoms with van der Waals surface area (Å²) in [5, 5.41) is 0. The average Bonchev–Trinajstić information content (AvgIpc) is 2.58. The van der Waals surface area contributed by atoms with Gasteiger partial charge >= 0.3 is 6.09 Å². The van der Waals surface area contributed by atoms with E-state index in [9.17, 15) is 4.79 Å². The number of amides is 1. The monoisotopic (exact) mass is 230 g/mol. The van der Waals surface area contributed by atoms with Crippen molar-refractivity contribution in [3.63, 3.8) is 0 Å². The molecule has 2 N–H and O–H groups in total. The van der Waals surface area contributed by atoms with Gasteiger partial charge in [-0.3, -0.25) is 0 Å². The number of ether oxygens (including phenoxy) is 2. The molecule has 0 bridgehead atoms. The van der Waals surface area contributed by atoms with E-state index in [0.29, 0.717) is 13.1 Å². The van der Waals surface area contributed by atoms with Crippen LogP contribution in [0.3, 0.4) is 0 Å². The lowest BCUT2D eigenvalue weighted by Crippen LogP contribution is -2.43. The van der Waals surface area contributed by atoms with E-state index >= 15 is 0 Å². The fraction of sp³-hybridized carbons (Fsp3) is 0.909. The van der Waals surface area contributed by atoms with E-state index in [-0.39, 0.29) is 18.2 Å². The Morgan fingerprint density at radius 1 is 1.50 bits per heavy atom. The molecule has 94 valence electrons. The summed E-state index contributed by atoms with van der Waals surface area (Å²) in [5.41, 5.74) is 5.17. The molecule has 0 radical (unpaired) electrons. The molecule has 5 heteroatoms. The first-order chi connectivity index (χ1) is 7.37. The minimum atomic E-state index is -0.471. The van der Waals surface area contributed by atoms with Crippen molar-refractivity contribution >= 4 is 6.09 Å². The summed E-state index contributed by atoms with van der Waals surface area (Å²) in [4.78, 5) is 13.6. The van der Waals surface area contributed by atoms with Crippen molar-refractivity contribution in [3.8, 4) is 0 Å². The van der Waals surface area contributed by atoms with Crippen LogP contribution in [0.4, 0.5) is 4.79 Å². The van der Waals surface area contributed by atoms with Gasteiger partial charge in [-0.15, -0.1) is 0 Å². The molecule has 1 heterocycles. The molecular formula is C11H22N2O3. The van der Waals surface area contributed by atoms with Crippen molar-refractivity contribution in [3.05, 3.63) is 0 Å². The fourth-order valence-electron chi connectivity index (χ4n) is 1.81. The van der Waals surface area contributed by atoms with Gasteiger partial charge in [0.25, 0.3) is 0 Å². The first-order valence-corrected chi connectivity index (χ1v) is 5.60. The van der Waals surface area contributed by atoms with Crippen LogP contribution in [0, 0.1) is 0 Å². The van der Waals surface area contributed by atoms with Crippen molar-refractivity contribution < 1.29 is 14.3 Å². The van der Waals surface area contributed by atoms with Gasteiger partial charge in [-0.25, -0.2) is 4.79 Å². The number of hydrogen-bond donors (Lipinski definition) is 1. The third kappa shape index (κ3) is 3.35. The second-order valence-corrected chi connectivity index (χ2v) is 5.12. The van der Waals surface area contributed by atoms with E-state index in [1.807, 2.05) is 20.8 Å². The molecule has 0 aromatic carbocycles. The van der Waals surface area contributed by atoms with Gasteiger partial charge in [0.05, 0.1) is 12.6 Å². The number of carbonyl (C=O) groups excluding carboxylic acids is 1. The van der Waals surface area contributed by atoms with Gasteiger partial charge in [0, 0.05) is 19.7 Å². The zero-order valence-electron chi connectivity index (χ0n) is 10.5. The Balaban J connectivity index is 2.61. The lowest BCUT2D eigenvalue weighted by Gasteiger charge is -2.27. The maximum Gasteiger partial charge on any atom is 0.410 e. The summed E-state index contributed by atoms with van der Waals surface area (Å²) in [6.45, 7) is 6.57. The maximum atomic E-state index is 11.9. The molecule has 0 unspecified atom stereocenters. The van der Waals surface area contributed by atoms with E-state index in [1.54, 1.807) is 12.0 Å². The molecule has 2 atom stereocenters. The standard InChI is InChI=1S/C11H22N2O3/c1-11(2,3)16-10(14)13-7-9(15-4)5-8(13)6-12/h8-9H,5-7,12H2,1-4H3/t8-,9-/m0/s1. The molecule has 1 aliphatic heterocycles. The van der Waals surface area contributed by atoms with E-state index in [4.69, 9.17) is 15.2 Å². The van der Waals surface area contributed by atoms with Gasteiger partial charge in [0.2, 0.25) is 0 Å². The van der Waals surface area contributed by atoms with E-state index in [2.05, 4.69) is 0 Å². The number of rotatable bonds is 2. The minimum absolute atomic E-state index is 0.0276. The molecule has 0 saturated carbocycles. The van der Waals surface area contributed by atoms with Crippen LogP contribution in [-0.2, 0) is 9.47 Å². The van der Waals surface area contributed by atoms with E-state index < -0.39 is 5.60 Å². The highest BCUT2D eigenvalue weighted by Crippen LogP contribution is 2.22. The number of nitrogens with two attached hydrogens (primary N) is 1. The summed E-state index contributed by atoms with van der Waals surface area (Å²) in [7, 11) is 1.65. The number of nitrogens with zero attached hydrogens (tertiary/aromatic N) is 1. The Labute approximate surface area is 96.9 Å². The highest BCUT2D eigenvalue weighted by molar-refractivity contribution is 5.69. The van der Waals surface area contributed by atoms with Crippen LogP contribution in [0.5, 0.6) is 0 Å². The third-order valence-electron chi connectivity index (χ3n) is 2.61. The molecule has 0 spiro atoms. The fourth-order valence-corrected chi connectivity index (χ4v) is 1.81. The Bertz CT molecular complexity index is 250. The Hall–Kier alpha value is -0.810. The maximum absolute atomic E-state index is 11.9. The Morgan fingerprint density at radius 3 is 2.56 bits per heavy atom. The number of carbonyl (C=O) groups is 1. The average molecular weight is 230 g/mol. The first-order valence-electron chi connectivity index (χ1n) is 5.60. The lowest BCUT2D eigenvalue weighted by molar-refractivity contribution is 0.0201. The molecule has 1 fully saturated rings. The zero-order valence-corrected chi connectivity index (χ0v) is 10.5. The normalized spacial score (nSPS) is 25.9. The van der Waals surface area contributed by atoms with Gasteiger partial charge in [0.1, 0.15) is 5.60 Å². The van der Waals surface area contributed by atoms with Gasteiger partial charge in [0.15, 0.2) is 0 Å². The number of likely N-dealkylation sites (tertiary alicyclic amines) is 1. The predicted octanol–water partition coefficient (Wildman–Crippen LogP) is 0.969. The second-order valence-electron chi connectivity index (χ2n) is 5.12. The largest absolute Gasteiger partial charge is 0.444 e. The van der Waals surface area contributed by atoms with Crippen LogP contribution in [0.2, 0.25) is 0 Å². The number of hydrogen-bond acceptors (Lipinski definition) is 4. The highest BCUT2D eigenvalue weighted by atomic mass is 16.6. The van der Waals surface area contributed by atoms with Crippen LogP contribution in [0.25, 0.3) is 0 Å². The van der Waals surface area contributed by atoms with Crippen molar-refractivity contribution in [1.29, 1.82) is 0 Å². The summed E-state index contributed by atoms with van der Waals surface area (Å²) in [6.07, 6.45) is 0.551. The summed E-state index contributed by atoms with van der Waals surface area (Å²) in [6, 6.07) is 0.0276. The van der Waals surface area contributed by atoms with Crippen LogP contribution in [0.15, 0.2) is 0 Å². The van der Waals surface area contributed by atoms with Crippen molar-refractivity contribution in [2.24, 2.45) is 5.73 Å². The smallest absolute Gasteiger partial charge is 0.410 e. The summed E-state index contributed by atoms with van der Waals surface area (Å²) >= 11 is 0. The molecule has 5 nitrogen and oxygen atoms in total. The topological polar surface area (TPSA) is 64.8 Å². The molecule has 1 rings (SSSR count). The molecular weight excluding hydrogens is 208 g/mol. The van der Waals surface area contributed by atoms with Crippen molar-refractivity contribution in [2.45, 2.75) is 44.9 Å². The lowest BCUT2D eigenvalue weighted by atomic mass is 10.2. The van der Waals surface area contributed by atoms with Gasteiger partial charge < -0.3 is 20.1 Å². The molecule has 1 aliphatic rings. The van der Waals surface area contributed by atoms with E-state index in [1.165, 1.54) is 0 Å². The molecule has 0 aromatic heterocycles. The molecule has 1 amide bonds. The van der Waals surface area contributed by atoms with Crippen LogP contribution < -0.4 is 5.73 Å². The number of methoxy groups -OCH3 is 1. The third-order valence-corrected chi connectivity index (χ3v) is 2.61. The van der Waals surface area contributed by atoms with Gasteiger partial charge in [-0.1, -0.05) is 0 Å². The van der Waals surface area contributed by atoms with Crippen molar-refractivity contribution in [2.75, 3.05) is 20.2 Å². The quantitative estimate of drug-likeness (QED) is 0.767. The molecule has 1 saturated heterocycles. The predicted molar refractivity (Wildman–Crippen MR) is 61.2 cm³/mol. The molecule has 0 aliphatic carbocycles. The Kier molecular flexibility index (Phi) is 4.15. The minimum Gasteiger partial charge on any atom is -0.444 e.